The largest absolute Gasteiger partial charge is 0.495 e. The maximum absolute atomic E-state index is 6.49. The van der Waals surface area contributed by atoms with Crippen molar-refractivity contribution in [3.63, 3.8) is 0 Å². The lowest BCUT2D eigenvalue weighted by atomic mass is 9.73. The van der Waals surface area contributed by atoms with E-state index in [4.69, 9.17) is 24.3 Å². The molecule has 5 nitrogen and oxygen atoms in total. The Morgan fingerprint density at radius 3 is 1.42 bits per heavy atom. The first-order valence-electron chi connectivity index (χ1n) is 15.3. The number of hydrogen-bond acceptors (Lipinski definition) is 5. The third kappa shape index (κ3) is 5.59. The molecule has 0 spiro atoms. The van der Waals surface area contributed by atoms with Crippen LogP contribution in [0.15, 0.2) is 133 Å². The van der Waals surface area contributed by atoms with E-state index in [0.717, 1.165) is 44.4 Å². The Morgan fingerprint density at radius 2 is 0.844 bits per heavy atom. The summed E-state index contributed by atoms with van der Waals surface area (Å²) in [5.74, 6) is 1.91. The van der Waals surface area contributed by atoms with Crippen LogP contribution in [0.2, 0.25) is 0 Å². The fourth-order valence-corrected chi connectivity index (χ4v) is 5.65. The van der Waals surface area contributed by atoms with Gasteiger partial charge in [0.05, 0.1) is 11.2 Å². The molecule has 6 heteroatoms. The summed E-state index contributed by atoms with van der Waals surface area (Å²) >= 11 is 0. The standard InChI is InChI=1S/C39H34BN3O2/c1-38(2)39(3,4)45-40(44-38)34-25-14-13-24-33(34)32-23-12-11-22-31(32)29-20-15-21-30(26-29)37-42-35(27-16-7-5-8-17-27)41-36(43-37)28-18-9-6-10-19-28/h5-26H,1-4H3. The average molecular weight is 588 g/mol. The summed E-state index contributed by atoms with van der Waals surface area (Å²) in [4.78, 5) is 14.8. The third-order valence-electron chi connectivity index (χ3n) is 8.82. The molecule has 220 valence electrons. The van der Waals surface area contributed by atoms with Crippen molar-refractivity contribution in [2.75, 3.05) is 0 Å². The van der Waals surface area contributed by atoms with Crippen molar-refractivity contribution in [2.45, 2.75) is 38.9 Å². The summed E-state index contributed by atoms with van der Waals surface area (Å²) in [5.41, 5.74) is 7.30. The molecule has 6 aromatic rings. The summed E-state index contributed by atoms with van der Waals surface area (Å²) in [6, 6.07) is 45.4. The number of rotatable bonds is 6. The normalized spacial score (nSPS) is 15.2. The van der Waals surface area contributed by atoms with Gasteiger partial charge in [0.15, 0.2) is 17.5 Å². The lowest BCUT2D eigenvalue weighted by Gasteiger charge is -2.32. The first kappa shape index (κ1) is 28.8. The molecule has 1 saturated heterocycles. The zero-order valence-corrected chi connectivity index (χ0v) is 25.9. The van der Waals surface area contributed by atoms with E-state index < -0.39 is 18.3 Å². The van der Waals surface area contributed by atoms with Gasteiger partial charge < -0.3 is 9.31 Å². The molecule has 2 heterocycles. The molecule has 0 radical (unpaired) electrons. The Bertz CT molecular complexity index is 1900. The van der Waals surface area contributed by atoms with Crippen molar-refractivity contribution in [3.05, 3.63) is 133 Å². The number of benzene rings is 5. The molecule has 0 N–H and O–H groups in total. The smallest absolute Gasteiger partial charge is 0.399 e. The highest BCUT2D eigenvalue weighted by Gasteiger charge is 2.52. The van der Waals surface area contributed by atoms with Crippen molar-refractivity contribution < 1.29 is 9.31 Å². The van der Waals surface area contributed by atoms with E-state index in [9.17, 15) is 0 Å². The second-order valence-corrected chi connectivity index (χ2v) is 12.3. The van der Waals surface area contributed by atoms with Crippen molar-refractivity contribution in [1.29, 1.82) is 0 Å². The van der Waals surface area contributed by atoms with Crippen LogP contribution in [0.25, 0.3) is 56.4 Å². The molecular formula is C39H34BN3O2. The summed E-state index contributed by atoms with van der Waals surface area (Å²) in [6.45, 7) is 8.34. The summed E-state index contributed by atoms with van der Waals surface area (Å²) in [6.07, 6.45) is 0. The van der Waals surface area contributed by atoms with Gasteiger partial charge in [-0.1, -0.05) is 127 Å². The van der Waals surface area contributed by atoms with E-state index in [-0.39, 0.29) is 0 Å². The number of aromatic nitrogens is 3. The maximum atomic E-state index is 6.49. The lowest BCUT2D eigenvalue weighted by Crippen LogP contribution is -2.41. The van der Waals surface area contributed by atoms with Crippen LogP contribution in [-0.2, 0) is 9.31 Å². The average Bonchev–Trinajstić information content (AvgIpc) is 3.31. The molecule has 1 aliphatic heterocycles. The van der Waals surface area contributed by atoms with E-state index >= 15 is 0 Å². The molecule has 0 saturated carbocycles. The first-order chi connectivity index (χ1) is 21.8. The van der Waals surface area contributed by atoms with E-state index in [0.29, 0.717) is 17.5 Å². The highest BCUT2D eigenvalue weighted by Crippen LogP contribution is 2.39. The van der Waals surface area contributed by atoms with Crippen LogP contribution in [0.3, 0.4) is 0 Å². The van der Waals surface area contributed by atoms with E-state index in [1.165, 1.54) is 0 Å². The van der Waals surface area contributed by atoms with Crippen molar-refractivity contribution in [3.8, 4) is 56.4 Å². The maximum Gasteiger partial charge on any atom is 0.495 e. The first-order valence-corrected chi connectivity index (χ1v) is 15.3. The van der Waals surface area contributed by atoms with Gasteiger partial charge >= 0.3 is 7.12 Å². The van der Waals surface area contributed by atoms with Gasteiger partial charge in [0, 0.05) is 16.7 Å². The molecule has 0 unspecified atom stereocenters. The van der Waals surface area contributed by atoms with Crippen LogP contribution in [0.1, 0.15) is 27.7 Å². The molecule has 0 atom stereocenters. The molecule has 0 amide bonds. The fraction of sp³-hybridized carbons (Fsp3) is 0.154. The topological polar surface area (TPSA) is 57.1 Å². The molecular weight excluding hydrogens is 553 g/mol. The molecule has 0 aliphatic carbocycles. The minimum Gasteiger partial charge on any atom is -0.399 e. The molecule has 45 heavy (non-hydrogen) atoms. The van der Waals surface area contributed by atoms with Crippen LogP contribution in [0.5, 0.6) is 0 Å². The van der Waals surface area contributed by atoms with Crippen LogP contribution in [0.4, 0.5) is 0 Å². The van der Waals surface area contributed by atoms with Crippen LogP contribution < -0.4 is 5.46 Å². The molecule has 0 bridgehead atoms. The highest BCUT2D eigenvalue weighted by atomic mass is 16.7. The molecule has 1 aromatic heterocycles. The fourth-order valence-electron chi connectivity index (χ4n) is 5.65. The summed E-state index contributed by atoms with van der Waals surface area (Å²) in [7, 11) is -0.469. The summed E-state index contributed by atoms with van der Waals surface area (Å²) in [5, 5.41) is 0. The van der Waals surface area contributed by atoms with Gasteiger partial charge in [-0.2, -0.15) is 0 Å². The Hall–Kier alpha value is -4.91. The van der Waals surface area contributed by atoms with E-state index in [2.05, 4.69) is 94.4 Å². The second kappa shape index (κ2) is 11.5. The Labute approximate surface area is 265 Å². The van der Waals surface area contributed by atoms with Gasteiger partial charge in [-0.25, -0.2) is 15.0 Å². The molecule has 1 aliphatic rings. The minimum absolute atomic E-state index is 0.430. The van der Waals surface area contributed by atoms with Gasteiger partial charge in [-0.3, -0.25) is 0 Å². The van der Waals surface area contributed by atoms with Gasteiger partial charge in [0.2, 0.25) is 0 Å². The highest BCUT2D eigenvalue weighted by molar-refractivity contribution is 6.64. The zero-order valence-electron chi connectivity index (χ0n) is 25.9. The zero-order chi connectivity index (χ0) is 31.0. The Kier molecular flexibility index (Phi) is 7.40. The lowest BCUT2D eigenvalue weighted by molar-refractivity contribution is 0.00578. The van der Waals surface area contributed by atoms with E-state index in [1.807, 2.05) is 66.7 Å². The number of hydrogen-bond donors (Lipinski definition) is 0. The third-order valence-corrected chi connectivity index (χ3v) is 8.82. The predicted octanol–water partition coefficient (Wildman–Crippen LogP) is 8.51. The number of nitrogens with zero attached hydrogens (tertiary/aromatic N) is 3. The van der Waals surface area contributed by atoms with Gasteiger partial charge in [-0.15, -0.1) is 0 Å². The van der Waals surface area contributed by atoms with Crippen LogP contribution in [-0.4, -0.2) is 33.3 Å². The van der Waals surface area contributed by atoms with Crippen molar-refractivity contribution in [1.82, 2.24) is 15.0 Å². The second-order valence-electron chi connectivity index (χ2n) is 12.3. The van der Waals surface area contributed by atoms with Crippen LogP contribution >= 0.6 is 0 Å². The molecule has 7 rings (SSSR count). The van der Waals surface area contributed by atoms with Crippen molar-refractivity contribution >= 4 is 12.6 Å². The molecule has 5 aromatic carbocycles. The predicted molar refractivity (Wildman–Crippen MR) is 183 cm³/mol. The van der Waals surface area contributed by atoms with Gasteiger partial charge in [-0.05, 0) is 61.5 Å². The van der Waals surface area contributed by atoms with Gasteiger partial charge in [0.25, 0.3) is 0 Å². The molecule has 1 fully saturated rings. The Balaban J connectivity index is 1.33. The van der Waals surface area contributed by atoms with Gasteiger partial charge in [0.1, 0.15) is 0 Å². The Morgan fingerprint density at radius 1 is 0.422 bits per heavy atom. The minimum atomic E-state index is -0.469. The monoisotopic (exact) mass is 587 g/mol. The van der Waals surface area contributed by atoms with Crippen LogP contribution in [0, 0.1) is 0 Å². The van der Waals surface area contributed by atoms with Crippen molar-refractivity contribution in [2.24, 2.45) is 0 Å². The summed E-state index contributed by atoms with van der Waals surface area (Å²) < 4.78 is 13.0. The quantitative estimate of drug-likeness (QED) is 0.183. The SMILES string of the molecule is CC1(C)OB(c2ccccc2-c2ccccc2-c2cccc(-c3nc(-c4ccccc4)nc(-c4ccccc4)n3)c2)OC1(C)C. The van der Waals surface area contributed by atoms with E-state index in [1.54, 1.807) is 0 Å².